The number of hydrogen-bond donors (Lipinski definition) is 3. The van der Waals surface area contributed by atoms with Gasteiger partial charge >= 0.3 is 0 Å². The minimum absolute atomic E-state index is 0.0793. The maximum atomic E-state index is 12.0. The largest absolute Gasteiger partial charge is 0.329 e. The normalized spacial score (nSPS) is 14.7. The van der Waals surface area contributed by atoms with E-state index in [0.717, 1.165) is 5.69 Å². The van der Waals surface area contributed by atoms with E-state index in [1.54, 1.807) is 0 Å². The van der Waals surface area contributed by atoms with Crippen molar-refractivity contribution in [2.24, 2.45) is 11.1 Å². The van der Waals surface area contributed by atoms with Gasteiger partial charge in [0, 0.05) is 18.3 Å². The number of hydrogen-bond acceptors (Lipinski definition) is 3. The summed E-state index contributed by atoms with van der Waals surface area (Å²) < 4.78 is 0. The molecule has 1 aromatic heterocycles. The van der Waals surface area contributed by atoms with Crippen molar-refractivity contribution in [3.05, 3.63) is 11.8 Å². The van der Waals surface area contributed by atoms with Crippen LogP contribution in [0, 0.1) is 5.41 Å². The van der Waals surface area contributed by atoms with Crippen molar-refractivity contribution >= 4 is 11.7 Å². The second-order valence-electron chi connectivity index (χ2n) is 4.94. The fraction of sp³-hybridized carbons (Fsp3) is 0.667. The van der Waals surface area contributed by atoms with E-state index in [0.29, 0.717) is 24.7 Å². The second-order valence-corrected chi connectivity index (χ2v) is 4.94. The van der Waals surface area contributed by atoms with Crippen LogP contribution in [0.15, 0.2) is 6.07 Å². The van der Waals surface area contributed by atoms with E-state index in [9.17, 15) is 4.79 Å². The summed E-state index contributed by atoms with van der Waals surface area (Å²) in [6, 6.07) is 1.86. The quantitative estimate of drug-likeness (QED) is 0.732. The van der Waals surface area contributed by atoms with E-state index in [1.165, 1.54) is 0 Å². The highest BCUT2D eigenvalue weighted by Gasteiger charge is 2.30. The first-order valence-electron chi connectivity index (χ1n) is 5.99. The van der Waals surface area contributed by atoms with E-state index in [2.05, 4.69) is 29.4 Å². The summed E-state index contributed by atoms with van der Waals surface area (Å²) in [5, 5.41) is 9.76. The molecule has 0 spiro atoms. The molecule has 1 heterocycles. The van der Waals surface area contributed by atoms with Crippen LogP contribution in [0.3, 0.4) is 0 Å². The van der Waals surface area contributed by atoms with Crippen molar-refractivity contribution in [3.8, 4) is 0 Å². The average Bonchev–Trinajstić information content (AvgIpc) is 2.76. The molecule has 0 fully saturated rings. The number of aromatic nitrogens is 2. The van der Waals surface area contributed by atoms with Crippen molar-refractivity contribution in [1.29, 1.82) is 0 Å². The molecule has 0 aliphatic rings. The molecular weight excluding hydrogens is 216 g/mol. The SMILES string of the molecule is CCC(C)(CN)C(=O)Nc1cc(C(C)C)[nH]n1. The summed E-state index contributed by atoms with van der Waals surface area (Å²) in [5.74, 6) is 0.844. The molecule has 1 aromatic rings. The van der Waals surface area contributed by atoms with Gasteiger partial charge in [0.05, 0.1) is 5.41 Å². The van der Waals surface area contributed by atoms with Crippen LogP contribution in [0.5, 0.6) is 0 Å². The summed E-state index contributed by atoms with van der Waals surface area (Å²) in [5.41, 5.74) is 6.11. The van der Waals surface area contributed by atoms with Crippen LogP contribution in [-0.4, -0.2) is 22.6 Å². The van der Waals surface area contributed by atoms with Gasteiger partial charge in [-0.05, 0) is 19.3 Å². The zero-order valence-corrected chi connectivity index (χ0v) is 11.0. The third-order valence-corrected chi connectivity index (χ3v) is 3.24. The molecule has 1 rings (SSSR count). The molecule has 0 aliphatic heterocycles. The Morgan fingerprint density at radius 1 is 1.65 bits per heavy atom. The number of H-pyrrole nitrogens is 1. The number of aromatic amines is 1. The Kier molecular flexibility index (Phi) is 4.28. The fourth-order valence-electron chi connectivity index (χ4n) is 1.36. The molecule has 0 saturated heterocycles. The molecule has 0 bridgehead atoms. The first-order chi connectivity index (χ1) is 7.92. The van der Waals surface area contributed by atoms with E-state index in [4.69, 9.17) is 5.73 Å². The molecular formula is C12H22N4O. The number of carbonyl (C=O) groups excluding carboxylic acids is 1. The van der Waals surface area contributed by atoms with Crippen molar-refractivity contribution in [3.63, 3.8) is 0 Å². The Morgan fingerprint density at radius 2 is 2.29 bits per heavy atom. The molecule has 0 saturated carbocycles. The molecule has 1 unspecified atom stereocenters. The summed E-state index contributed by atoms with van der Waals surface area (Å²) in [6.07, 6.45) is 0.705. The molecule has 96 valence electrons. The number of nitrogens with one attached hydrogen (secondary N) is 2. The number of anilines is 1. The fourth-order valence-corrected chi connectivity index (χ4v) is 1.36. The molecule has 5 heteroatoms. The summed E-state index contributed by atoms with van der Waals surface area (Å²) in [7, 11) is 0. The molecule has 0 radical (unpaired) electrons. The standard InChI is InChI=1S/C12H22N4O/c1-5-12(4,7-13)11(17)14-10-6-9(8(2)3)15-16-10/h6,8H,5,7,13H2,1-4H3,(H2,14,15,16,17). The maximum Gasteiger partial charge on any atom is 0.232 e. The zero-order chi connectivity index (χ0) is 13.1. The molecule has 0 aliphatic carbocycles. The summed E-state index contributed by atoms with van der Waals surface area (Å²) >= 11 is 0. The zero-order valence-electron chi connectivity index (χ0n) is 11.0. The van der Waals surface area contributed by atoms with Gasteiger partial charge in [-0.1, -0.05) is 20.8 Å². The topological polar surface area (TPSA) is 83.8 Å². The lowest BCUT2D eigenvalue weighted by Crippen LogP contribution is -2.39. The van der Waals surface area contributed by atoms with Crippen molar-refractivity contribution < 1.29 is 4.79 Å². The van der Waals surface area contributed by atoms with Gasteiger partial charge in [0.25, 0.3) is 0 Å². The van der Waals surface area contributed by atoms with Crippen molar-refractivity contribution in [2.45, 2.75) is 40.0 Å². The highest BCUT2D eigenvalue weighted by atomic mass is 16.2. The van der Waals surface area contributed by atoms with Gasteiger partial charge in [-0.25, -0.2) is 0 Å². The Hall–Kier alpha value is -1.36. The average molecular weight is 238 g/mol. The van der Waals surface area contributed by atoms with E-state index in [1.807, 2.05) is 19.9 Å². The molecule has 1 amide bonds. The number of nitrogens with zero attached hydrogens (tertiary/aromatic N) is 1. The smallest absolute Gasteiger partial charge is 0.232 e. The monoisotopic (exact) mass is 238 g/mol. The lowest BCUT2D eigenvalue weighted by molar-refractivity contribution is -0.124. The van der Waals surface area contributed by atoms with Gasteiger partial charge in [-0.3, -0.25) is 9.89 Å². The minimum Gasteiger partial charge on any atom is -0.329 e. The molecule has 0 aromatic carbocycles. The van der Waals surface area contributed by atoms with E-state index < -0.39 is 5.41 Å². The van der Waals surface area contributed by atoms with Gasteiger partial charge in [-0.2, -0.15) is 5.10 Å². The van der Waals surface area contributed by atoms with Crippen LogP contribution in [0.2, 0.25) is 0 Å². The number of carbonyl (C=O) groups is 1. The van der Waals surface area contributed by atoms with E-state index >= 15 is 0 Å². The van der Waals surface area contributed by atoms with Crippen LogP contribution >= 0.6 is 0 Å². The third-order valence-electron chi connectivity index (χ3n) is 3.24. The van der Waals surface area contributed by atoms with Gasteiger partial charge in [0.15, 0.2) is 5.82 Å². The van der Waals surface area contributed by atoms with Crippen LogP contribution < -0.4 is 11.1 Å². The second kappa shape index (κ2) is 5.31. The molecule has 17 heavy (non-hydrogen) atoms. The van der Waals surface area contributed by atoms with Gasteiger partial charge in [-0.15, -0.1) is 0 Å². The number of amides is 1. The number of nitrogens with two attached hydrogens (primary N) is 1. The van der Waals surface area contributed by atoms with Gasteiger partial charge in [0.1, 0.15) is 0 Å². The highest BCUT2D eigenvalue weighted by Crippen LogP contribution is 2.22. The van der Waals surface area contributed by atoms with Crippen LogP contribution in [0.25, 0.3) is 0 Å². The summed E-state index contributed by atoms with van der Waals surface area (Å²) in [6.45, 7) is 8.27. The minimum atomic E-state index is -0.531. The Morgan fingerprint density at radius 3 is 2.71 bits per heavy atom. The summed E-state index contributed by atoms with van der Waals surface area (Å²) in [4.78, 5) is 12.0. The van der Waals surface area contributed by atoms with Crippen LogP contribution in [0.1, 0.15) is 45.7 Å². The Labute approximate surface area is 102 Å². The first-order valence-corrected chi connectivity index (χ1v) is 5.99. The molecule has 4 N–H and O–H groups in total. The third kappa shape index (κ3) is 3.06. The molecule has 1 atom stereocenters. The predicted molar refractivity (Wildman–Crippen MR) is 68.8 cm³/mol. The van der Waals surface area contributed by atoms with Gasteiger partial charge in [0.2, 0.25) is 5.91 Å². The van der Waals surface area contributed by atoms with E-state index in [-0.39, 0.29) is 5.91 Å². The first kappa shape index (κ1) is 13.7. The number of rotatable bonds is 5. The Balaban J connectivity index is 2.74. The highest BCUT2D eigenvalue weighted by molar-refractivity contribution is 5.94. The Bertz CT molecular complexity index is 380. The van der Waals surface area contributed by atoms with Crippen LogP contribution in [0.4, 0.5) is 5.82 Å². The predicted octanol–water partition coefficient (Wildman–Crippen LogP) is 1.85. The van der Waals surface area contributed by atoms with Gasteiger partial charge < -0.3 is 11.1 Å². The van der Waals surface area contributed by atoms with Crippen molar-refractivity contribution in [2.75, 3.05) is 11.9 Å². The van der Waals surface area contributed by atoms with Crippen molar-refractivity contribution in [1.82, 2.24) is 10.2 Å². The lowest BCUT2D eigenvalue weighted by Gasteiger charge is -2.24. The lowest BCUT2D eigenvalue weighted by atomic mass is 9.87. The maximum absolute atomic E-state index is 12.0. The van der Waals surface area contributed by atoms with Crippen LogP contribution in [-0.2, 0) is 4.79 Å². The molecule has 5 nitrogen and oxygen atoms in total.